The standard InChI is InChI=1S/C21H27N5O6S/c1-14-23-17(13-25(14)3)33(30,31)26-11-9-16(10-12-26)20(28)32-18(15-7-5-4-6-8-15)19(27)24-21(29)22-2/h4-8,13,16,18H,9-12H2,1-3H3,(H2,22,24,27,29). The number of nitrogens with one attached hydrogen (secondary N) is 2. The van der Waals surface area contributed by atoms with Gasteiger partial charge in [-0.15, -0.1) is 0 Å². The first-order chi connectivity index (χ1) is 15.6. The number of urea groups is 1. The molecular weight excluding hydrogens is 450 g/mol. The first kappa shape index (κ1) is 24.4. The Bertz CT molecular complexity index is 1100. The van der Waals surface area contributed by atoms with Crippen molar-refractivity contribution in [3.63, 3.8) is 0 Å². The van der Waals surface area contributed by atoms with E-state index in [1.165, 1.54) is 17.5 Å². The summed E-state index contributed by atoms with van der Waals surface area (Å²) in [6.45, 7) is 1.96. The van der Waals surface area contributed by atoms with Crippen LogP contribution in [-0.4, -0.2) is 60.3 Å². The molecule has 1 unspecified atom stereocenters. The maximum atomic E-state index is 12.9. The van der Waals surface area contributed by atoms with Gasteiger partial charge in [0.2, 0.25) is 6.10 Å². The molecule has 1 aromatic heterocycles. The number of ether oxygens (including phenoxy) is 1. The van der Waals surface area contributed by atoms with E-state index in [0.29, 0.717) is 11.4 Å². The monoisotopic (exact) mass is 477 g/mol. The van der Waals surface area contributed by atoms with Crippen LogP contribution in [0.1, 0.15) is 30.3 Å². The molecule has 1 saturated heterocycles. The number of rotatable bonds is 6. The van der Waals surface area contributed by atoms with E-state index in [9.17, 15) is 22.8 Å². The Labute approximate surface area is 192 Å². The smallest absolute Gasteiger partial charge is 0.321 e. The molecule has 3 rings (SSSR count). The lowest BCUT2D eigenvalue weighted by Gasteiger charge is -2.30. The topological polar surface area (TPSA) is 140 Å². The Hall–Kier alpha value is -3.25. The highest BCUT2D eigenvalue weighted by atomic mass is 32.2. The van der Waals surface area contributed by atoms with Crippen molar-refractivity contribution >= 4 is 27.9 Å². The largest absolute Gasteiger partial charge is 0.447 e. The zero-order chi connectivity index (χ0) is 24.2. The lowest BCUT2D eigenvalue weighted by molar-refractivity contribution is -0.161. The molecule has 1 fully saturated rings. The molecule has 0 saturated carbocycles. The molecule has 11 nitrogen and oxygen atoms in total. The number of sulfonamides is 1. The van der Waals surface area contributed by atoms with E-state index < -0.39 is 40.0 Å². The van der Waals surface area contributed by atoms with Crippen LogP contribution in [0.4, 0.5) is 4.79 Å². The van der Waals surface area contributed by atoms with E-state index in [2.05, 4.69) is 15.6 Å². The van der Waals surface area contributed by atoms with Crippen LogP contribution in [0.2, 0.25) is 0 Å². The highest BCUT2D eigenvalue weighted by Gasteiger charge is 2.36. The molecule has 12 heteroatoms. The van der Waals surface area contributed by atoms with Gasteiger partial charge in [-0.1, -0.05) is 30.3 Å². The molecule has 1 aliphatic heterocycles. The second-order valence-corrected chi connectivity index (χ2v) is 9.60. The number of aryl methyl sites for hydroxylation is 2. The average Bonchev–Trinajstić information content (AvgIpc) is 3.16. The Kier molecular flexibility index (Phi) is 7.49. The molecule has 1 atom stereocenters. The summed E-state index contributed by atoms with van der Waals surface area (Å²) in [5.74, 6) is -1.41. The summed E-state index contributed by atoms with van der Waals surface area (Å²) in [6, 6.07) is 7.63. The van der Waals surface area contributed by atoms with Gasteiger partial charge in [-0.25, -0.2) is 18.2 Å². The zero-order valence-corrected chi connectivity index (χ0v) is 19.5. The van der Waals surface area contributed by atoms with Crippen molar-refractivity contribution in [2.45, 2.75) is 30.9 Å². The highest BCUT2D eigenvalue weighted by molar-refractivity contribution is 7.89. The summed E-state index contributed by atoms with van der Waals surface area (Å²) in [4.78, 5) is 41.0. The number of carbonyl (C=O) groups is 3. The van der Waals surface area contributed by atoms with E-state index in [0.717, 1.165) is 0 Å². The third kappa shape index (κ3) is 5.57. The first-order valence-electron chi connectivity index (χ1n) is 10.4. The molecule has 2 aromatic rings. The van der Waals surface area contributed by atoms with Crippen molar-refractivity contribution in [1.82, 2.24) is 24.5 Å². The maximum Gasteiger partial charge on any atom is 0.321 e. The van der Waals surface area contributed by atoms with Gasteiger partial charge in [-0.05, 0) is 19.8 Å². The van der Waals surface area contributed by atoms with Crippen LogP contribution >= 0.6 is 0 Å². The minimum absolute atomic E-state index is 0.0291. The zero-order valence-electron chi connectivity index (χ0n) is 18.6. The lowest BCUT2D eigenvalue weighted by atomic mass is 9.98. The molecule has 1 aliphatic rings. The van der Waals surface area contributed by atoms with Crippen molar-refractivity contribution in [3.05, 3.63) is 47.9 Å². The molecule has 2 N–H and O–H groups in total. The summed E-state index contributed by atoms with van der Waals surface area (Å²) >= 11 is 0. The van der Waals surface area contributed by atoms with Crippen LogP contribution in [0.3, 0.4) is 0 Å². The molecular formula is C21H27N5O6S. The molecule has 1 aromatic carbocycles. The van der Waals surface area contributed by atoms with Crippen LogP contribution < -0.4 is 10.6 Å². The Morgan fingerprint density at radius 3 is 2.33 bits per heavy atom. The minimum Gasteiger partial charge on any atom is -0.447 e. The Morgan fingerprint density at radius 2 is 1.79 bits per heavy atom. The predicted molar refractivity (Wildman–Crippen MR) is 117 cm³/mol. The van der Waals surface area contributed by atoms with Crippen LogP contribution in [0, 0.1) is 12.8 Å². The number of aromatic nitrogens is 2. The minimum atomic E-state index is -3.77. The molecule has 0 bridgehead atoms. The van der Waals surface area contributed by atoms with Crippen LogP contribution in [0.15, 0.2) is 41.6 Å². The van der Waals surface area contributed by atoms with Gasteiger partial charge in [0.25, 0.3) is 15.9 Å². The third-order valence-electron chi connectivity index (χ3n) is 5.52. The normalized spacial score (nSPS) is 16.1. The van der Waals surface area contributed by atoms with Gasteiger partial charge >= 0.3 is 12.0 Å². The van der Waals surface area contributed by atoms with Crippen LogP contribution in [0.5, 0.6) is 0 Å². The number of benzene rings is 1. The summed E-state index contributed by atoms with van der Waals surface area (Å²) < 4.78 is 34.1. The van der Waals surface area contributed by atoms with Gasteiger partial charge < -0.3 is 14.6 Å². The van der Waals surface area contributed by atoms with Crippen molar-refractivity contribution < 1.29 is 27.5 Å². The predicted octanol–water partition coefficient (Wildman–Crippen LogP) is 0.869. The molecule has 178 valence electrons. The number of nitrogens with zero attached hydrogens (tertiary/aromatic N) is 3. The van der Waals surface area contributed by atoms with E-state index in [-0.39, 0.29) is 31.0 Å². The van der Waals surface area contributed by atoms with Gasteiger partial charge in [0.1, 0.15) is 5.82 Å². The lowest BCUT2D eigenvalue weighted by Crippen LogP contribution is -2.43. The SMILES string of the molecule is CNC(=O)NC(=O)C(OC(=O)C1CCN(S(=O)(=O)c2cn(C)c(C)n2)CC1)c1ccccc1. The van der Waals surface area contributed by atoms with Gasteiger partial charge in [0.05, 0.1) is 5.92 Å². The number of imidazole rings is 1. The molecule has 33 heavy (non-hydrogen) atoms. The number of esters is 1. The third-order valence-corrected chi connectivity index (χ3v) is 7.29. The van der Waals surface area contributed by atoms with Gasteiger partial charge in [-0.3, -0.25) is 14.9 Å². The Morgan fingerprint density at radius 1 is 1.15 bits per heavy atom. The summed E-state index contributed by atoms with van der Waals surface area (Å²) in [6.07, 6.45) is 0.625. The molecule has 0 radical (unpaired) electrons. The number of piperidine rings is 1. The van der Waals surface area contributed by atoms with Gasteiger partial charge in [0, 0.05) is 38.9 Å². The number of imide groups is 1. The van der Waals surface area contributed by atoms with E-state index in [1.807, 2.05) is 0 Å². The average molecular weight is 478 g/mol. The van der Waals surface area contributed by atoms with Gasteiger partial charge in [-0.2, -0.15) is 4.31 Å². The fourth-order valence-electron chi connectivity index (χ4n) is 3.47. The van der Waals surface area contributed by atoms with E-state index in [4.69, 9.17) is 4.74 Å². The van der Waals surface area contributed by atoms with E-state index in [1.54, 1.807) is 48.9 Å². The molecule has 3 amide bonds. The second-order valence-electron chi connectivity index (χ2n) is 7.71. The summed E-state index contributed by atoms with van der Waals surface area (Å²) in [5, 5.41) is 4.37. The fraction of sp³-hybridized carbons (Fsp3) is 0.429. The van der Waals surface area contributed by atoms with E-state index >= 15 is 0 Å². The Balaban J connectivity index is 1.67. The molecule has 0 spiro atoms. The van der Waals surface area contributed by atoms with Crippen molar-refractivity contribution in [3.8, 4) is 0 Å². The van der Waals surface area contributed by atoms with Crippen LogP contribution in [0.25, 0.3) is 0 Å². The first-order valence-corrected chi connectivity index (χ1v) is 11.9. The summed E-state index contributed by atoms with van der Waals surface area (Å²) in [5.41, 5.74) is 0.415. The number of carbonyl (C=O) groups excluding carboxylic acids is 3. The number of amides is 3. The molecule has 2 heterocycles. The quantitative estimate of drug-likeness (QED) is 0.588. The van der Waals surface area contributed by atoms with Gasteiger partial charge in [0.15, 0.2) is 5.03 Å². The van der Waals surface area contributed by atoms with Crippen molar-refractivity contribution in [2.75, 3.05) is 20.1 Å². The number of hydrogen-bond acceptors (Lipinski definition) is 7. The van der Waals surface area contributed by atoms with Crippen molar-refractivity contribution in [2.24, 2.45) is 13.0 Å². The van der Waals surface area contributed by atoms with Crippen LogP contribution in [-0.2, 0) is 31.4 Å². The number of hydrogen-bond donors (Lipinski definition) is 2. The fourth-order valence-corrected chi connectivity index (χ4v) is 4.96. The molecule has 0 aliphatic carbocycles. The second kappa shape index (κ2) is 10.1. The summed E-state index contributed by atoms with van der Waals surface area (Å²) in [7, 11) is -0.691. The van der Waals surface area contributed by atoms with Crippen molar-refractivity contribution in [1.29, 1.82) is 0 Å². The highest BCUT2D eigenvalue weighted by Crippen LogP contribution is 2.27. The maximum absolute atomic E-state index is 12.9.